The van der Waals surface area contributed by atoms with Crippen LogP contribution in [-0.4, -0.2) is 22.2 Å². The quantitative estimate of drug-likeness (QED) is 0.495. The third kappa shape index (κ3) is 4.02. The van der Waals surface area contributed by atoms with E-state index >= 15 is 0 Å². The first-order valence-corrected chi connectivity index (χ1v) is 7.24. The molecule has 1 rings (SSSR count). The summed E-state index contributed by atoms with van der Waals surface area (Å²) in [7, 11) is 0. The Morgan fingerprint density at radius 3 is 2.74 bits per heavy atom. The van der Waals surface area contributed by atoms with E-state index in [-0.39, 0.29) is 17.6 Å². The molecule has 0 radical (unpaired) electrons. The average Bonchev–Trinajstić information content (AvgIpc) is 2.37. The summed E-state index contributed by atoms with van der Waals surface area (Å²) in [5.74, 6) is -0.256. The molecular weight excluding hydrogens is 312 g/mol. The number of rotatable bonds is 6. The van der Waals surface area contributed by atoms with Gasteiger partial charge in [0.1, 0.15) is 0 Å². The fourth-order valence-electron chi connectivity index (χ4n) is 1.84. The average molecular weight is 329 g/mol. The molecule has 0 aliphatic carbocycles. The molecule has 1 unspecified atom stereocenters. The van der Waals surface area contributed by atoms with Crippen LogP contribution in [0.2, 0.25) is 0 Å². The summed E-state index contributed by atoms with van der Waals surface area (Å²) in [6, 6.07) is 4.62. The normalized spacial score (nSPS) is 11.9. The zero-order valence-electron chi connectivity index (χ0n) is 11.0. The van der Waals surface area contributed by atoms with Crippen molar-refractivity contribution in [2.45, 2.75) is 32.7 Å². The number of carbonyl (C=O) groups excluding carboxylic acids is 1. The first-order valence-electron chi connectivity index (χ1n) is 6.12. The molecule has 0 fully saturated rings. The van der Waals surface area contributed by atoms with Crippen molar-refractivity contribution in [3.63, 3.8) is 0 Å². The zero-order chi connectivity index (χ0) is 14.4. The van der Waals surface area contributed by atoms with E-state index in [1.807, 2.05) is 6.92 Å². The van der Waals surface area contributed by atoms with Crippen LogP contribution in [0.25, 0.3) is 0 Å². The fourth-order valence-corrected chi connectivity index (χ4v) is 2.39. The molecule has 1 aromatic carbocycles. The number of hydrogen-bond acceptors (Lipinski definition) is 3. The maximum atomic E-state index is 12.1. The van der Waals surface area contributed by atoms with Gasteiger partial charge in [0.05, 0.1) is 4.92 Å². The van der Waals surface area contributed by atoms with E-state index in [1.165, 1.54) is 12.1 Å². The summed E-state index contributed by atoms with van der Waals surface area (Å²) >= 11 is 3.34. The van der Waals surface area contributed by atoms with Crippen LogP contribution in [0.3, 0.4) is 0 Å². The summed E-state index contributed by atoms with van der Waals surface area (Å²) in [6.45, 7) is 3.59. The number of nitrogens with one attached hydrogen (secondary N) is 1. The van der Waals surface area contributed by atoms with E-state index in [0.29, 0.717) is 11.1 Å². The van der Waals surface area contributed by atoms with Gasteiger partial charge in [0.15, 0.2) is 0 Å². The molecule has 1 N–H and O–H groups in total. The lowest BCUT2D eigenvalue weighted by molar-refractivity contribution is -0.385. The first kappa shape index (κ1) is 15.6. The second kappa shape index (κ2) is 7.23. The molecule has 1 amide bonds. The van der Waals surface area contributed by atoms with Crippen LogP contribution < -0.4 is 5.32 Å². The highest BCUT2D eigenvalue weighted by Gasteiger charge is 2.19. The number of nitro benzene ring substituents is 1. The molecule has 6 heteroatoms. The molecule has 19 heavy (non-hydrogen) atoms. The fraction of sp³-hybridized carbons (Fsp3) is 0.462. The van der Waals surface area contributed by atoms with E-state index < -0.39 is 4.92 Å². The Hall–Kier alpha value is -1.43. The minimum Gasteiger partial charge on any atom is -0.349 e. The van der Waals surface area contributed by atoms with Crippen LogP contribution in [0, 0.1) is 17.0 Å². The number of nitrogens with zero attached hydrogens (tertiary/aromatic N) is 1. The second-order valence-electron chi connectivity index (χ2n) is 4.26. The van der Waals surface area contributed by atoms with E-state index in [4.69, 9.17) is 0 Å². The first-order chi connectivity index (χ1) is 9.01. The molecule has 0 bridgehead atoms. The lowest BCUT2D eigenvalue weighted by atomic mass is 10.1. The van der Waals surface area contributed by atoms with Crippen molar-refractivity contribution in [2.75, 3.05) is 5.33 Å². The third-order valence-electron chi connectivity index (χ3n) is 3.03. The Balaban J connectivity index is 2.94. The highest BCUT2D eigenvalue weighted by atomic mass is 79.9. The predicted octanol–water partition coefficient (Wildman–Crippen LogP) is 3.20. The molecule has 1 aromatic rings. The summed E-state index contributed by atoms with van der Waals surface area (Å²) in [5, 5.41) is 14.5. The standard InChI is InChI=1S/C13H17BrN2O3/c1-3-10(7-8-14)15-13(17)11-5-4-6-12(9(11)2)16(18)19/h4-6,10H,3,7-8H2,1-2H3,(H,15,17). The Morgan fingerprint density at radius 2 is 2.21 bits per heavy atom. The Bertz CT molecular complexity index is 477. The van der Waals surface area contributed by atoms with Gasteiger partial charge in [-0.3, -0.25) is 14.9 Å². The number of benzene rings is 1. The molecule has 0 aliphatic rings. The lowest BCUT2D eigenvalue weighted by Crippen LogP contribution is -2.35. The van der Waals surface area contributed by atoms with Gasteiger partial charge in [-0.15, -0.1) is 0 Å². The highest BCUT2D eigenvalue weighted by molar-refractivity contribution is 9.09. The van der Waals surface area contributed by atoms with Crippen molar-refractivity contribution in [1.29, 1.82) is 0 Å². The van der Waals surface area contributed by atoms with Gasteiger partial charge in [0, 0.05) is 28.6 Å². The van der Waals surface area contributed by atoms with E-state index in [0.717, 1.165) is 18.2 Å². The highest BCUT2D eigenvalue weighted by Crippen LogP contribution is 2.21. The summed E-state index contributed by atoms with van der Waals surface area (Å²) in [6.07, 6.45) is 1.65. The summed E-state index contributed by atoms with van der Waals surface area (Å²) < 4.78 is 0. The topological polar surface area (TPSA) is 72.2 Å². The minimum absolute atomic E-state index is 0.0267. The number of hydrogen-bond donors (Lipinski definition) is 1. The van der Waals surface area contributed by atoms with Gasteiger partial charge in [-0.25, -0.2) is 0 Å². The molecule has 0 saturated carbocycles. The van der Waals surface area contributed by atoms with Crippen molar-refractivity contribution < 1.29 is 9.72 Å². The van der Waals surface area contributed by atoms with Gasteiger partial charge >= 0.3 is 0 Å². The second-order valence-corrected chi connectivity index (χ2v) is 5.06. The summed E-state index contributed by atoms with van der Waals surface area (Å²) in [4.78, 5) is 22.5. The predicted molar refractivity (Wildman–Crippen MR) is 77.8 cm³/mol. The van der Waals surface area contributed by atoms with Crippen LogP contribution in [-0.2, 0) is 0 Å². The molecule has 0 saturated heterocycles. The molecule has 1 atom stereocenters. The van der Waals surface area contributed by atoms with Gasteiger partial charge in [-0.1, -0.05) is 28.9 Å². The molecule has 0 spiro atoms. The number of amides is 1. The van der Waals surface area contributed by atoms with E-state index in [9.17, 15) is 14.9 Å². The number of carbonyl (C=O) groups is 1. The van der Waals surface area contributed by atoms with Gasteiger partial charge in [-0.2, -0.15) is 0 Å². The van der Waals surface area contributed by atoms with Crippen LogP contribution in [0.4, 0.5) is 5.69 Å². The van der Waals surface area contributed by atoms with Crippen molar-refractivity contribution in [2.24, 2.45) is 0 Å². The van der Waals surface area contributed by atoms with E-state index in [2.05, 4.69) is 21.2 Å². The van der Waals surface area contributed by atoms with Crippen LogP contribution in [0.1, 0.15) is 35.7 Å². The largest absolute Gasteiger partial charge is 0.349 e. The maximum absolute atomic E-state index is 12.1. The van der Waals surface area contributed by atoms with Crippen molar-refractivity contribution in [1.82, 2.24) is 5.32 Å². The number of halogens is 1. The van der Waals surface area contributed by atoms with Crippen LogP contribution >= 0.6 is 15.9 Å². The van der Waals surface area contributed by atoms with Gasteiger partial charge in [-0.05, 0) is 25.8 Å². The minimum atomic E-state index is -0.470. The van der Waals surface area contributed by atoms with Crippen LogP contribution in [0.15, 0.2) is 18.2 Å². The molecule has 5 nitrogen and oxygen atoms in total. The Labute approximate surface area is 120 Å². The SMILES string of the molecule is CCC(CCBr)NC(=O)c1cccc([N+](=O)[O-])c1C. The van der Waals surface area contributed by atoms with Crippen molar-refractivity contribution >= 4 is 27.5 Å². The van der Waals surface area contributed by atoms with Crippen LogP contribution in [0.5, 0.6) is 0 Å². The monoisotopic (exact) mass is 328 g/mol. The third-order valence-corrected chi connectivity index (χ3v) is 3.49. The molecular formula is C13H17BrN2O3. The Morgan fingerprint density at radius 1 is 1.53 bits per heavy atom. The van der Waals surface area contributed by atoms with E-state index in [1.54, 1.807) is 13.0 Å². The summed E-state index contributed by atoms with van der Waals surface area (Å²) in [5.41, 5.74) is 0.738. The molecule has 0 heterocycles. The van der Waals surface area contributed by atoms with Gasteiger partial charge < -0.3 is 5.32 Å². The maximum Gasteiger partial charge on any atom is 0.273 e. The molecule has 0 aliphatic heterocycles. The zero-order valence-corrected chi connectivity index (χ0v) is 12.6. The van der Waals surface area contributed by atoms with Crippen molar-refractivity contribution in [3.05, 3.63) is 39.4 Å². The Kier molecular flexibility index (Phi) is 5.95. The van der Waals surface area contributed by atoms with Crippen molar-refractivity contribution in [3.8, 4) is 0 Å². The number of alkyl halides is 1. The molecule has 104 valence electrons. The van der Waals surface area contributed by atoms with Gasteiger partial charge in [0.2, 0.25) is 0 Å². The lowest BCUT2D eigenvalue weighted by Gasteiger charge is -2.16. The van der Waals surface area contributed by atoms with Gasteiger partial charge in [0.25, 0.3) is 11.6 Å². The molecule has 0 aromatic heterocycles. The number of nitro groups is 1. The smallest absolute Gasteiger partial charge is 0.273 e.